The van der Waals surface area contributed by atoms with E-state index < -0.39 is 11.6 Å². The first kappa shape index (κ1) is 21.0. The van der Waals surface area contributed by atoms with E-state index in [0.717, 1.165) is 15.0 Å². The van der Waals surface area contributed by atoms with E-state index in [1.54, 1.807) is 37.4 Å². The van der Waals surface area contributed by atoms with Gasteiger partial charge in [0.2, 0.25) is 5.91 Å². The molecule has 0 unspecified atom stereocenters. The summed E-state index contributed by atoms with van der Waals surface area (Å²) in [5.41, 5.74) is 0.533. The number of thiazole rings is 1. The summed E-state index contributed by atoms with van der Waals surface area (Å²) in [7, 11) is 0. The van der Waals surface area contributed by atoms with Gasteiger partial charge in [0.25, 0.3) is 5.56 Å². The highest BCUT2D eigenvalue weighted by atomic mass is 35.5. The van der Waals surface area contributed by atoms with Crippen molar-refractivity contribution in [1.82, 2.24) is 14.1 Å². The second-order valence-corrected chi connectivity index (χ2v) is 8.41. The number of hydrogen-bond donors (Lipinski definition) is 1. The molecule has 0 saturated heterocycles. The van der Waals surface area contributed by atoms with E-state index in [2.05, 4.69) is 10.3 Å². The minimum absolute atomic E-state index is 0.223. The Labute approximate surface area is 186 Å². The maximum absolute atomic E-state index is 12.8. The number of para-hydroxylation sites is 1. The van der Waals surface area contributed by atoms with Gasteiger partial charge in [-0.05, 0) is 30.7 Å². The van der Waals surface area contributed by atoms with Gasteiger partial charge in [-0.25, -0.2) is 9.78 Å². The molecule has 158 valence electrons. The average Bonchev–Trinajstić information content (AvgIpc) is 3.20. The van der Waals surface area contributed by atoms with E-state index in [4.69, 9.17) is 11.6 Å². The summed E-state index contributed by atoms with van der Waals surface area (Å²) in [6.07, 6.45) is 2.31. The third kappa shape index (κ3) is 4.30. The molecule has 0 saturated carbocycles. The van der Waals surface area contributed by atoms with Crippen LogP contribution in [0.1, 0.15) is 17.4 Å². The second kappa shape index (κ2) is 8.87. The molecule has 1 N–H and O–H groups in total. The van der Waals surface area contributed by atoms with Crippen LogP contribution in [0, 0.1) is 0 Å². The van der Waals surface area contributed by atoms with Crippen molar-refractivity contribution in [2.24, 2.45) is 0 Å². The van der Waals surface area contributed by atoms with Crippen molar-refractivity contribution in [3.8, 4) is 0 Å². The molecule has 0 atom stereocenters. The Morgan fingerprint density at radius 1 is 1.10 bits per heavy atom. The number of anilines is 1. The van der Waals surface area contributed by atoms with Gasteiger partial charge in [0.05, 0.1) is 10.9 Å². The summed E-state index contributed by atoms with van der Waals surface area (Å²) in [6.45, 7) is 1.72. The lowest BCUT2D eigenvalue weighted by molar-refractivity contribution is -0.116. The number of aromatic nitrogens is 3. The van der Waals surface area contributed by atoms with Crippen LogP contribution < -0.4 is 16.6 Å². The molecule has 0 aliphatic heterocycles. The van der Waals surface area contributed by atoms with Crippen LogP contribution >= 0.6 is 22.9 Å². The molecule has 0 bridgehead atoms. The van der Waals surface area contributed by atoms with Gasteiger partial charge < -0.3 is 5.32 Å². The van der Waals surface area contributed by atoms with Gasteiger partial charge in [-0.15, -0.1) is 11.3 Å². The van der Waals surface area contributed by atoms with Crippen molar-refractivity contribution in [3.05, 3.63) is 91.0 Å². The van der Waals surface area contributed by atoms with E-state index in [-0.39, 0.29) is 18.6 Å². The molecule has 0 aliphatic rings. The fraction of sp³-hybridized carbons (Fsp3) is 0.182. The minimum Gasteiger partial charge on any atom is -0.300 e. The van der Waals surface area contributed by atoms with Gasteiger partial charge in [-0.3, -0.25) is 18.7 Å². The zero-order chi connectivity index (χ0) is 22.0. The highest BCUT2D eigenvalue weighted by Crippen LogP contribution is 2.24. The van der Waals surface area contributed by atoms with Gasteiger partial charge in [0.15, 0.2) is 5.13 Å². The molecule has 9 heteroatoms. The second-order valence-electron chi connectivity index (χ2n) is 6.88. The fourth-order valence-corrected chi connectivity index (χ4v) is 4.44. The number of benzene rings is 2. The molecule has 0 radical (unpaired) electrons. The molecule has 4 rings (SSSR count). The molecule has 2 heterocycles. The van der Waals surface area contributed by atoms with Crippen molar-refractivity contribution in [3.63, 3.8) is 0 Å². The molecular formula is C22H19ClN4O3S. The summed E-state index contributed by atoms with van der Waals surface area (Å²) in [5, 5.41) is 4.26. The van der Waals surface area contributed by atoms with Crippen molar-refractivity contribution >= 4 is 44.9 Å². The lowest BCUT2D eigenvalue weighted by atomic mass is 10.1. The average molecular weight is 455 g/mol. The zero-order valence-electron chi connectivity index (χ0n) is 16.7. The molecule has 31 heavy (non-hydrogen) atoms. The number of halogens is 1. The van der Waals surface area contributed by atoms with E-state index >= 15 is 0 Å². The van der Waals surface area contributed by atoms with Crippen molar-refractivity contribution in [2.45, 2.75) is 26.4 Å². The fourth-order valence-electron chi connectivity index (χ4n) is 3.38. The minimum atomic E-state index is -0.514. The van der Waals surface area contributed by atoms with E-state index in [1.165, 1.54) is 15.9 Å². The van der Waals surface area contributed by atoms with Gasteiger partial charge in [-0.1, -0.05) is 41.9 Å². The number of hydrogen-bond acceptors (Lipinski definition) is 5. The van der Waals surface area contributed by atoms with Gasteiger partial charge in [-0.2, -0.15) is 0 Å². The number of nitrogens with zero attached hydrogens (tertiary/aromatic N) is 3. The molecule has 2 aromatic carbocycles. The van der Waals surface area contributed by atoms with Crippen LogP contribution in [-0.4, -0.2) is 20.0 Å². The topological polar surface area (TPSA) is 86.0 Å². The summed E-state index contributed by atoms with van der Waals surface area (Å²) in [5.74, 6) is -0.396. The van der Waals surface area contributed by atoms with Crippen LogP contribution in [0.5, 0.6) is 0 Å². The Balaban J connectivity index is 1.56. The maximum atomic E-state index is 12.8. The van der Waals surface area contributed by atoms with E-state index in [0.29, 0.717) is 27.5 Å². The first-order valence-electron chi connectivity index (χ1n) is 9.68. The number of amides is 1. The summed E-state index contributed by atoms with van der Waals surface area (Å²) in [4.78, 5) is 43.2. The Hall–Kier alpha value is -3.23. The van der Waals surface area contributed by atoms with Gasteiger partial charge in [0, 0.05) is 29.1 Å². The Morgan fingerprint density at radius 3 is 2.61 bits per heavy atom. The number of fused-ring (bicyclic) bond motifs is 1. The number of carbonyl (C=O) groups is 1. The van der Waals surface area contributed by atoms with Crippen LogP contribution in [-0.2, 0) is 24.3 Å². The Morgan fingerprint density at radius 2 is 1.84 bits per heavy atom. The maximum Gasteiger partial charge on any atom is 0.331 e. The summed E-state index contributed by atoms with van der Waals surface area (Å²) >= 11 is 7.56. The summed E-state index contributed by atoms with van der Waals surface area (Å²) < 4.78 is 2.44. The standard InChI is InChI=1S/C22H19ClN4O3S/c1-2-26-20(29)16-8-4-6-10-18(16)27(22(26)30)13-19(28)25-21-24-12-15(31-21)11-14-7-3-5-9-17(14)23/h3-10,12H,2,11,13H2,1H3,(H,24,25,28). The molecule has 4 aromatic rings. The summed E-state index contributed by atoms with van der Waals surface area (Å²) in [6, 6.07) is 14.3. The van der Waals surface area contributed by atoms with Crippen molar-refractivity contribution in [1.29, 1.82) is 0 Å². The van der Waals surface area contributed by atoms with Crippen LogP contribution in [0.15, 0.2) is 64.3 Å². The first-order valence-corrected chi connectivity index (χ1v) is 10.9. The molecular weight excluding hydrogens is 436 g/mol. The molecule has 0 aliphatic carbocycles. The Bertz CT molecular complexity index is 1390. The third-order valence-electron chi connectivity index (χ3n) is 4.87. The smallest absolute Gasteiger partial charge is 0.300 e. The molecule has 1 amide bonds. The predicted octanol–water partition coefficient (Wildman–Crippen LogP) is 3.52. The highest BCUT2D eigenvalue weighted by Gasteiger charge is 2.15. The van der Waals surface area contributed by atoms with Gasteiger partial charge in [0.1, 0.15) is 6.54 Å². The van der Waals surface area contributed by atoms with Crippen LogP contribution in [0.25, 0.3) is 10.9 Å². The monoisotopic (exact) mass is 454 g/mol. The zero-order valence-corrected chi connectivity index (χ0v) is 18.2. The lowest BCUT2D eigenvalue weighted by Gasteiger charge is -2.12. The third-order valence-corrected chi connectivity index (χ3v) is 6.15. The lowest BCUT2D eigenvalue weighted by Crippen LogP contribution is -2.41. The number of nitrogens with one attached hydrogen (secondary N) is 1. The van der Waals surface area contributed by atoms with Gasteiger partial charge >= 0.3 is 5.69 Å². The number of carbonyl (C=O) groups excluding carboxylic acids is 1. The van der Waals surface area contributed by atoms with Crippen LogP contribution in [0.3, 0.4) is 0 Å². The molecule has 0 spiro atoms. The molecule has 2 aromatic heterocycles. The quantitative estimate of drug-likeness (QED) is 0.483. The predicted molar refractivity (Wildman–Crippen MR) is 123 cm³/mol. The van der Waals surface area contributed by atoms with Crippen molar-refractivity contribution < 1.29 is 4.79 Å². The normalized spacial score (nSPS) is 11.0. The molecule has 0 fully saturated rings. The molecule has 7 nitrogen and oxygen atoms in total. The largest absolute Gasteiger partial charge is 0.331 e. The Kier molecular flexibility index (Phi) is 6.01. The van der Waals surface area contributed by atoms with E-state index in [9.17, 15) is 14.4 Å². The van der Waals surface area contributed by atoms with Crippen LogP contribution in [0.2, 0.25) is 5.02 Å². The number of rotatable bonds is 6. The van der Waals surface area contributed by atoms with Crippen LogP contribution in [0.4, 0.5) is 5.13 Å². The highest BCUT2D eigenvalue weighted by molar-refractivity contribution is 7.15. The SMILES string of the molecule is CCn1c(=O)c2ccccc2n(CC(=O)Nc2ncc(Cc3ccccc3Cl)s2)c1=O. The van der Waals surface area contributed by atoms with E-state index in [1.807, 2.05) is 24.3 Å². The first-order chi connectivity index (χ1) is 15.0. The van der Waals surface area contributed by atoms with Crippen molar-refractivity contribution in [2.75, 3.05) is 5.32 Å².